The van der Waals surface area contributed by atoms with Gasteiger partial charge in [0.1, 0.15) is 15.7 Å². The third-order valence-corrected chi connectivity index (χ3v) is 4.57. The fraction of sp³-hybridized carbons (Fsp3) is 0. The zero-order chi connectivity index (χ0) is 15.6. The molecule has 0 heterocycles. The highest BCUT2D eigenvalue weighted by Gasteiger charge is 2.19. The Kier molecular flexibility index (Phi) is 4.46. The zero-order valence-corrected chi connectivity index (χ0v) is 12.9. The van der Waals surface area contributed by atoms with Crippen molar-refractivity contribution in [1.29, 1.82) is 0 Å². The van der Waals surface area contributed by atoms with Crippen LogP contribution in [0.2, 0.25) is 5.02 Å². The summed E-state index contributed by atoms with van der Waals surface area (Å²) in [5.74, 6) is -0.846. The molecule has 8 heteroatoms. The Bertz CT molecular complexity index is 810. The SMILES string of the molecule is NC(=S)c1ccc(NS(=O)(=O)c2ccccc2F)c(Cl)c1. The van der Waals surface area contributed by atoms with Crippen LogP contribution >= 0.6 is 23.8 Å². The molecular formula is C13H10ClFN2O2S2. The van der Waals surface area contributed by atoms with Gasteiger partial charge < -0.3 is 5.73 Å². The summed E-state index contributed by atoms with van der Waals surface area (Å²) in [6.45, 7) is 0. The van der Waals surface area contributed by atoms with Crippen molar-refractivity contribution in [3.8, 4) is 0 Å². The van der Waals surface area contributed by atoms with Gasteiger partial charge in [-0.3, -0.25) is 4.72 Å². The summed E-state index contributed by atoms with van der Waals surface area (Å²) in [5.41, 5.74) is 6.07. The van der Waals surface area contributed by atoms with Gasteiger partial charge in [-0.05, 0) is 30.3 Å². The minimum absolute atomic E-state index is 0.111. The molecule has 2 aromatic rings. The number of benzene rings is 2. The lowest BCUT2D eigenvalue weighted by Crippen LogP contribution is -2.15. The smallest absolute Gasteiger partial charge is 0.264 e. The topological polar surface area (TPSA) is 72.2 Å². The monoisotopic (exact) mass is 344 g/mol. The van der Waals surface area contributed by atoms with E-state index < -0.39 is 20.7 Å². The maximum Gasteiger partial charge on any atom is 0.264 e. The molecule has 0 bridgehead atoms. The second kappa shape index (κ2) is 5.97. The van der Waals surface area contributed by atoms with Gasteiger partial charge >= 0.3 is 0 Å². The molecule has 0 radical (unpaired) electrons. The predicted molar refractivity (Wildman–Crippen MR) is 84.5 cm³/mol. The van der Waals surface area contributed by atoms with Crippen molar-refractivity contribution < 1.29 is 12.8 Å². The quantitative estimate of drug-likeness (QED) is 0.836. The van der Waals surface area contributed by atoms with Crippen LogP contribution < -0.4 is 10.5 Å². The Morgan fingerprint density at radius 3 is 2.48 bits per heavy atom. The molecule has 3 N–H and O–H groups in total. The Morgan fingerprint density at radius 1 is 1.24 bits per heavy atom. The first-order valence-corrected chi connectivity index (χ1v) is 7.95. The minimum atomic E-state index is -4.07. The number of anilines is 1. The molecule has 0 atom stereocenters. The van der Waals surface area contributed by atoms with Crippen molar-refractivity contribution in [2.45, 2.75) is 4.90 Å². The summed E-state index contributed by atoms with van der Waals surface area (Å²) in [6.07, 6.45) is 0. The fourth-order valence-electron chi connectivity index (χ4n) is 1.61. The van der Waals surface area contributed by atoms with Crippen molar-refractivity contribution in [3.63, 3.8) is 0 Å². The molecule has 0 unspecified atom stereocenters. The van der Waals surface area contributed by atoms with E-state index in [2.05, 4.69) is 4.72 Å². The molecule has 0 fully saturated rings. The summed E-state index contributed by atoms with van der Waals surface area (Å²) in [5, 5.41) is 0.111. The lowest BCUT2D eigenvalue weighted by molar-refractivity contribution is 0.570. The van der Waals surface area contributed by atoms with Crippen LogP contribution in [0.25, 0.3) is 0 Å². The number of halogens is 2. The molecular weight excluding hydrogens is 335 g/mol. The van der Waals surface area contributed by atoms with Crippen LogP contribution in [0.5, 0.6) is 0 Å². The first kappa shape index (κ1) is 15.7. The standard InChI is InChI=1S/C13H10ClFN2O2S2/c14-9-7-8(13(16)20)5-6-11(9)17-21(18,19)12-4-2-1-3-10(12)15/h1-7,17H,(H2,16,20). The van der Waals surface area contributed by atoms with Gasteiger partial charge in [-0.2, -0.15) is 0 Å². The van der Waals surface area contributed by atoms with Gasteiger partial charge in [0, 0.05) is 5.56 Å². The predicted octanol–water partition coefficient (Wildman–Crippen LogP) is 2.91. The van der Waals surface area contributed by atoms with E-state index in [9.17, 15) is 12.8 Å². The molecule has 2 rings (SSSR count). The van der Waals surface area contributed by atoms with Gasteiger partial charge in [0.2, 0.25) is 0 Å². The van der Waals surface area contributed by atoms with Gasteiger partial charge in [-0.25, -0.2) is 12.8 Å². The van der Waals surface area contributed by atoms with Gasteiger partial charge in [-0.1, -0.05) is 36.0 Å². The van der Waals surface area contributed by atoms with Crippen molar-refractivity contribution in [2.24, 2.45) is 5.73 Å². The van der Waals surface area contributed by atoms with Crippen LogP contribution in [0.15, 0.2) is 47.4 Å². The molecule has 0 aromatic heterocycles. The Labute approximate surface area is 131 Å². The molecule has 0 aliphatic heterocycles. The summed E-state index contributed by atoms with van der Waals surface area (Å²) >= 11 is 10.8. The van der Waals surface area contributed by atoms with Gasteiger partial charge in [0.15, 0.2) is 0 Å². The van der Waals surface area contributed by atoms with E-state index in [1.807, 2.05) is 0 Å². The average Bonchev–Trinajstić information content (AvgIpc) is 2.41. The second-order valence-corrected chi connectivity index (χ2v) is 6.59. The Morgan fingerprint density at radius 2 is 1.90 bits per heavy atom. The molecule has 2 aromatic carbocycles. The van der Waals surface area contributed by atoms with Crippen molar-refractivity contribution in [3.05, 3.63) is 58.9 Å². The van der Waals surface area contributed by atoms with E-state index in [4.69, 9.17) is 29.6 Å². The van der Waals surface area contributed by atoms with Gasteiger partial charge in [-0.15, -0.1) is 0 Å². The van der Waals surface area contributed by atoms with Gasteiger partial charge in [0.05, 0.1) is 10.7 Å². The van der Waals surface area contributed by atoms with Crippen molar-refractivity contribution in [2.75, 3.05) is 4.72 Å². The lowest BCUT2D eigenvalue weighted by atomic mass is 10.2. The first-order valence-electron chi connectivity index (χ1n) is 5.68. The van der Waals surface area contributed by atoms with E-state index in [0.717, 1.165) is 12.1 Å². The molecule has 0 spiro atoms. The third-order valence-electron chi connectivity index (χ3n) is 2.62. The van der Waals surface area contributed by atoms with E-state index >= 15 is 0 Å². The van der Waals surface area contributed by atoms with E-state index in [1.165, 1.54) is 30.3 Å². The number of sulfonamides is 1. The molecule has 110 valence electrons. The highest BCUT2D eigenvalue weighted by atomic mass is 35.5. The Hall–Kier alpha value is -1.70. The van der Waals surface area contributed by atoms with Crippen molar-refractivity contribution >= 4 is 44.5 Å². The van der Waals surface area contributed by atoms with Crippen LogP contribution in [0.1, 0.15) is 5.56 Å². The Balaban J connectivity index is 2.38. The molecule has 21 heavy (non-hydrogen) atoms. The normalized spacial score (nSPS) is 11.1. The van der Waals surface area contributed by atoms with Crippen LogP contribution in [-0.4, -0.2) is 13.4 Å². The molecule has 4 nitrogen and oxygen atoms in total. The van der Waals surface area contributed by atoms with Crippen LogP contribution in [0, 0.1) is 5.82 Å². The number of nitrogens with one attached hydrogen (secondary N) is 1. The maximum atomic E-state index is 13.6. The highest BCUT2D eigenvalue weighted by Crippen LogP contribution is 2.26. The summed E-state index contributed by atoms with van der Waals surface area (Å²) in [4.78, 5) is -0.320. The zero-order valence-electron chi connectivity index (χ0n) is 10.5. The van der Waals surface area contributed by atoms with Gasteiger partial charge in [0.25, 0.3) is 10.0 Å². The number of nitrogens with two attached hydrogens (primary N) is 1. The molecule has 0 amide bonds. The summed E-state index contributed by atoms with van der Waals surface area (Å²) in [7, 11) is -4.07. The summed E-state index contributed by atoms with van der Waals surface area (Å²) in [6, 6.07) is 9.42. The van der Waals surface area contributed by atoms with E-state index in [1.54, 1.807) is 0 Å². The molecule has 0 saturated heterocycles. The molecule has 0 aliphatic carbocycles. The van der Waals surface area contributed by atoms with Crippen LogP contribution in [-0.2, 0) is 10.0 Å². The number of hydrogen-bond donors (Lipinski definition) is 2. The van der Waals surface area contributed by atoms with E-state index in [0.29, 0.717) is 5.56 Å². The lowest BCUT2D eigenvalue weighted by Gasteiger charge is -2.11. The third kappa shape index (κ3) is 3.49. The number of thiocarbonyl (C=S) groups is 1. The summed E-state index contributed by atoms with van der Waals surface area (Å²) < 4.78 is 40.1. The number of rotatable bonds is 4. The largest absolute Gasteiger partial charge is 0.389 e. The van der Waals surface area contributed by atoms with E-state index in [-0.39, 0.29) is 15.7 Å². The first-order chi connectivity index (χ1) is 9.81. The number of hydrogen-bond acceptors (Lipinski definition) is 3. The minimum Gasteiger partial charge on any atom is -0.389 e. The van der Waals surface area contributed by atoms with Crippen LogP contribution in [0.3, 0.4) is 0 Å². The fourth-order valence-corrected chi connectivity index (χ4v) is 3.18. The van der Waals surface area contributed by atoms with Crippen LogP contribution in [0.4, 0.5) is 10.1 Å². The average molecular weight is 345 g/mol. The highest BCUT2D eigenvalue weighted by molar-refractivity contribution is 7.92. The second-order valence-electron chi connectivity index (χ2n) is 4.09. The molecule has 0 aliphatic rings. The van der Waals surface area contributed by atoms with Crippen molar-refractivity contribution in [1.82, 2.24) is 0 Å². The maximum absolute atomic E-state index is 13.6. The molecule has 0 saturated carbocycles.